The summed E-state index contributed by atoms with van der Waals surface area (Å²) in [5, 5.41) is 0. The highest BCUT2D eigenvalue weighted by molar-refractivity contribution is 5.04. The molecule has 0 bridgehead atoms. The number of fused-ring (bicyclic) bond motifs is 1. The zero-order valence-corrected chi connectivity index (χ0v) is 7.57. The van der Waals surface area contributed by atoms with E-state index in [1.165, 1.54) is 25.7 Å². The molecule has 3 rings (SSSR count). The fraction of sp³-hybridized carbons (Fsp3) is 0.700. The Morgan fingerprint density at radius 3 is 2.54 bits per heavy atom. The van der Waals surface area contributed by atoms with Crippen LogP contribution in [0.1, 0.15) is 31.7 Å². The quantitative estimate of drug-likeness (QED) is 0.696. The molecule has 2 fully saturated rings. The molecule has 2 atom stereocenters. The Morgan fingerprint density at radius 2 is 2.00 bits per heavy atom. The molecule has 0 saturated heterocycles. The number of rotatable bonds is 1. The average molecular weight is 178 g/mol. The van der Waals surface area contributed by atoms with Crippen LogP contribution in [0.4, 0.5) is 0 Å². The molecule has 0 aliphatic heterocycles. The van der Waals surface area contributed by atoms with Crippen molar-refractivity contribution in [3.63, 3.8) is 0 Å². The summed E-state index contributed by atoms with van der Waals surface area (Å²) in [6.45, 7) is 0. The van der Waals surface area contributed by atoms with Gasteiger partial charge in [-0.1, -0.05) is 12.8 Å². The van der Waals surface area contributed by atoms with Crippen LogP contribution >= 0.6 is 0 Å². The van der Waals surface area contributed by atoms with Crippen molar-refractivity contribution in [1.29, 1.82) is 0 Å². The Hall–Kier alpha value is -0.990. The molecule has 0 spiro atoms. The Labute approximate surface area is 76.8 Å². The van der Waals surface area contributed by atoms with Crippen LogP contribution in [-0.2, 0) is 0 Å². The number of aromatic nitrogens is 2. The van der Waals surface area contributed by atoms with Gasteiger partial charge in [-0.25, -0.2) is 4.79 Å². The van der Waals surface area contributed by atoms with Gasteiger partial charge < -0.3 is 4.98 Å². The number of aromatic amines is 1. The Morgan fingerprint density at radius 1 is 1.31 bits per heavy atom. The van der Waals surface area contributed by atoms with Crippen molar-refractivity contribution in [2.24, 2.45) is 11.8 Å². The zero-order chi connectivity index (χ0) is 8.84. The van der Waals surface area contributed by atoms with Crippen molar-refractivity contribution in [2.45, 2.75) is 31.7 Å². The van der Waals surface area contributed by atoms with Gasteiger partial charge in [0.2, 0.25) is 0 Å². The molecule has 3 nitrogen and oxygen atoms in total. The van der Waals surface area contributed by atoms with E-state index in [1.807, 2.05) is 10.8 Å². The van der Waals surface area contributed by atoms with Crippen molar-refractivity contribution < 1.29 is 0 Å². The van der Waals surface area contributed by atoms with E-state index < -0.39 is 0 Å². The van der Waals surface area contributed by atoms with Gasteiger partial charge in [0, 0.05) is 18.4 Å². The van der Waals surface area contributed by atoms with E-state index >= 15 is 0 Å². The van der Waals surface area contributed by atoms with Crippen LogP contribution in [-0.4, -0.2) is 9.55 Å². The third-order valence-corrected chi connectivity index (χ3v) is 3.61. The second kappa shape index (κ2) is 2.50. The minimum atomic E-state index is 0.0689. The van der Waals surface area contributed by atoms with Crippen molar-refractivity contribution in [3.8, 4) is 0 Å². The topological polar surface area (TPSA) is 37.8 Å². The lowest BCUT2D eigenvalue weighted by Crippen LogP contribution is -2.15. The van der Waals surface area contributed by atoms with Crippen LogP contribution in [0.5, 0.6) is 0 Å². The third kappa shape index (κ3) is 0.992. The number of imidazole rings is 1. The van der Waals surface area contributed by atoms with Gasteiger partial charge in [-0.15, -0.1) is 0 Å². The fourth-order valence-electron chi connectivity index (χ4n) is 2.93. The van der Waals surface area contributed by atoms with Crippen molar-refractivity contribution in [1.82, 2.24) is 9.55 Å². The first-order valence-electron chi connectivity index (χ1n) is 5.13. The smallest absolute Gasteiger partial charge is 0.313 e. The van der Waals surface area contributed by atoms with Crippen molar-refractivity contribution in [2.75, 3.05) is 0 Å². The molecule has 2 aliphatic rings. The van der Waals surface area contributed by atoms with Crippen molar-refractivity contribution in [3.05, 3.63) is 22.9 Å². The standard InChI is InChI=1S/C10H14N2O/c13-10-11-5-6-12(10)9-7-3-1-2-4-8(7)9/h5-9H,1-4H2,(H,11,13). The van der Waals surface area contributed by atoms with Gasteiger partial charge in [-0.05, 0) is 24.7 Å². The lowest BCUT2D eigenvalue weighted by Gasteiger charge is -2.04. The summed E-state index contributed by atoms with van der Waals surface area (Å²) >= 11 is 0. The summed E-state index contributed by atoms with van der Waals surface area (Å²) in [6, 6.07) is 0.529. The van der Waals surface area contributed by atoms with Crippen molar-refractivity contribution >= 4 is 0 Å². The van der Waals surface area contributed by atoms with Crippen LogP contribution in [0.3, 0.4) is 0 Å². The molecule has 2 saturated carbocycles. The molecule has 0 radical (unpaired) electrons. The largest absolute Gasteiger partial charge is 0.325 e. The van der Waals surface area contributed by atoms with E-state index in [2.05, 4.69) is 4.98 Å². The molecule has 3 heteroatoms. The van der Waals surface area contributed by atoms with Crippen LogP contribution in [0, 0.1) is 11.8 Å². The molecular weight excluding hydrogens is 164 g/mol. The van der Waals surface area contributed by atoms with Gasteiger partial charge in [0.25, 0.3) is 0 Å². The number of hydrogen-bond acceptors (Lipinski definition) is 1. The number of hydrogen-bond donors (Lipinski definition) is 1. The minimum Gasteiger partial charge on any atom is -0.313 e. The Kier molecular flexibility index (Phi) is 1.43. The van der Waals surface area contributed by atoms with Gasteiger partial charge in [-0.3, -0.25) is 4.57 Å². The number of nitrogens with zero attached hydrogens (tertiary/aromatic N) is 1. The summed E-state index contributed by atoms with van der Waals surface area (Å²) in [4.78, 5) is 14.1. The first-order valence-corrected chi connectivity index (χ1v) is 5.13. The van der Waals surface area contributed by atoms with Gasteiger partial charge >= 0.3 is 5.69 Å². The molecule has 70 valence electrons. The molecule has 2 aliphatic carbocycles. The summed E-state index contributed by atoms with van der Waals surface area (Å²) in [5.74, 6) is 1.62. The summed E-state index contributed by atoms with van der Waals surface area (Å²) in [7, 11) is 0. The third-order valence-electron chi connectivity index (χ3n) is 3.61. The highest BCUT2D eigenvalue weighted by Crippen LogP contribution is 2.57. The van der Waals surface area contributed by atoms with Gasteiger partial charge in [0.1, 0.15) is 0 Å². The van der Waals surface area contributed by atoms with Crippen LogP contribution in [0.25, 0.3) is 0 Å². The number of nitrogens with one attached hydrogen (secondary N) is 1. The lowest BCUT2D eigenvalue weighted by atomic mass is 10.0. The molecule has 1 aromatic heterocycles. The van der Waals surface area contributed by atoms with Crippen LogP contribution < -0.4 is 5.69 Å². The summed E-state index contributed by atoms with van der Waals surface area (Å²) < 4.78 is 1.89. The maximum absolute atomic E-state index is 11.4. The molecule has 1 aromatic rings. The predicted molar refractivity (Wildman–Crippen MR) is 49.5 cm³/mol. The van der Waals surface area contributed by atoms with Crippen LogP contribution in [0.2, 0.25) is 0 Å². The van der Waals surface area contributed by atoms with E-state index in [4.69, 9.17) is 0 Å². The SMILES string of the molecule is O=c1[nH]ccn1C1C2CCCCC21. The highest BCUT2D eigenvalue weighted by atomic mass is 16.1. The second-order valence-electron chi connectivity index (χ2n) is 4.28. The van der Waals surface area contributed by atoms with E-state index in [1.54, 1.807) is 6.20 Å². The monoisotopic (exact) mass is 178 g/mol. The first-order chi connectivity index (χ1) is 6.38. The van der Waals surface area contributed by atoms with E-state index in [-0.39, 0.29) is 5.69 Å². The van der Waals surface area contributed by atoms with Crippen LogP contribution in [0.15, 0.2) is 17.2 Å². The molecule has 0 amide bonds. The zero-order valence-electron chi connectivity index (χ0n) is 7.57. The number of H-pyrrole nitrogens is 1. The second-order valence-corrected chi connectivity index (χ2v) is 4.28. The minimum absolute atomic E-state index is 0.0689. The van der Waals surface area contributed by atoms with E-state index in [9.17, 15) is 4.79 Å². The Balaban J connectivity index is 1.89. The highest BCUT2D eigenvalue weighted by Gasteiger charge is 2.52. The molecule has 1 heterocycles. The Bertz CT molecular complexity index is 353. The van der Waals surface area contributed by atoms with E-state index in [0.717, 1.165) is 11.8 Å². The van der Waals surface area contributed by atoms with Gasteiger partial charge in [-0.2, -0.15) is 0 Å². The molecular formula is C10H14N2O. The first kappa shape index (κ1) is 7.42. The molecule has 13 heavy (non-hydrogen) atoms. The van der Waals surface area contributed by atoms with E-state index in [0.29, 0.717) is 6.04 Å². The average Bonchev–Trinajstić information content (AvgIpc) is 2.73. The molecule has 2 unspecified atom stereocenters. The summed E-state index contributed by atoms with van der Waals surface area (Å²) in [5.41, 5.74) is 0.0689. The normalized spacial score (nSPS) is 37.1. The fourth-order valence-corrected chi connectivity index (χ4v) is 2.93. The lowest BCUT2D eigenvalue weighted by molar-refractivity contribution is 0.480. The molecule has 1 N–H and O–H groups in total. The predicted octanol–water partition coefficient (Wildman–Crippen LogP) is 1.54. The maximum atomic E-state index is 11.4. The van der Waals surface area contributed by atoms with Gasteiger partial charge in [0.15, 0.2) is 0 Å². The summed E-state index contributed by atoms with van der Waals surface area (Å²) in [6.07, 6.45) is 9.01. The molecule has 0 aromatic carbocycles. The maximum Gasteiger partial charge on any atom is 0.325 e. The van der Waals surface area contributed by atoms with Gasteiger partial charge in [0.05, 0.1) is 0 Å².